The molecule has 214 valence electrons. The highest BCUT2D eigenvalue weighted by Crippen LogP contribution is 2.42. The molecule has 1 fully saturated rings. The van der Waals surface area contributed by atoms with Crippen LogP contribution in [0.15, 0.2) is 78.0 Å². The third kappa shape index (κ3) is 5.27. The number of sulfonamides is 1. The van der Waals surface area contributed by atoms with E-state index in [2.05, 4.69) is 26.8 Å². The number of nitrogens with one attached hydrogen (secondary N) is 1. The SMILES string of the molecule is CC[C@@H]1C[C@H](NS(=O)(=O)CCc2ccccc2)C[C@@H]1c1nnc2cnc3c(ccn3S(=O)(=O)c3ccc(C)cc3)n12. The maximum Gasteiger partial charge on any atom is 0.269 e. The van der Waals surface area contributed by atoms with Crippen molar-refractivity contribution in [1.82, 2.24) is 28.3 Å². The van der Waals surface area contributed by atoms with Crippen LogP contribution in [0.4, 0.5) is 0 Å². The summed E-state index contributed by atoms with van der Waals surface area (Å²) >= 11 is 0. The Morgan fingerprint density at radius 3 is 2.44 bits per heavy atom. The summed E-state index contributed by atoms with van der Waals surface area (Å²) in [4.78, 5) is 4.61. The third-order valence-corrected chi connectivity index (χ3v) is 11.2. The fraction of sp³-hybridized carbons (Fsp3) is 0.345. The molecular weight excluding hydrogens is 560 g/mol. The van der Waals surface area contributed by atoms with Crippen LogP contribution in [0.1, 0.15) is 49.1 Å². The molecule has 0 radical (unpaired) electrons. The van der Waals surface area contributed by atoms with Crippen molar-refractivity contribution in [1.29, 1.82) is 0 Å². The van der Waals surface area contributed by atoms with Crippen LogP contribution >= 0.6 is 0 Å². The van der Waals surface area contributed by atoms with Gasteiger partial charge in [-0.3, -0.25) is 4.40 Å². The molecule has 12 heteroatoms. The van der Waals surface area contributed by atoms with Crippen molar-refractivity contribution in [2.24, 2.45) is 5.92 Å². The summed E-state index contributed by atoms with van der Waals surface area (Å²) in [5.74, 6) is 0.846. The largest absolute Gasteiger partial charge is 0.274 e. The molecular formula is C29H32N6O4S2. The second kappa shape index (κ2) is 10.7. The number of aryl methyl sites for hydroxylation is 2. The zero-order chi connectivity index (χ0) is 28.8. The highest BCUT2D eigenvalue weighted by atomic mass is 32.2. The summed E-state index contributed by atoms with van der Waals surface area (Å²) in [6.45, 7) is 4.00. The van der Waals surface area contributed by atoms with Crippen molar-refractivity contribution in [2.45, 2.75) is 56.4 Å². The van der Waals surface area contributed by atoms with Gasteiger partial charge in [0.1, 0.15) is 5.82 Å². The molecule has 3 atom stereocenters. The first-order valence-corrected chi connectivity index (χ1v) is 16.8. The third-order valence-electron chi connectivity index (χ3n) is 8.04. The molecule has 0 spiro atoms. The molecule has 6 rings (SSSR count). The van der Waals surface area contributed by atoms with Crippen molar-refractivity contribution in [3.05, 3.63) is 90.0 Å². The Labute approximate surface area is 239 Å². The molecule has 0 bridgehead atoms. The van der Waals surface area contributed by atoms with Crippen molar-refractivity contribution in [3.8, 4) is 0 Å². The van der Waals surface area contributed by atoms with E-state index in [0.29, 0.717) is 36.3 Å². The molecule has 1 N–H and O–H groups in total. The fourth-order valence-electron chi connectivity index (χ4n) is 5.91. The van der Waals surface area contributed by atoms with Gasteiger partial charge in [-0.2, -0.15) is 0 Å². The Bertz CT molecular complexity index is 1920. The lowest BCUT2D eigenvalue weighted by Gasteiger charge is -2.16. The number of fused-ring (bicyclic) bond motifs is 3. The van der Waals surface area contributed by atoms with Gasteiger partial charge < -0.3 is 0 Å². The second-order valence-electron chi connectivity index (χ2n) is 10.8. The normalized spacial score (nSPS) is 19.8. The van der Waals surface area contributed by atoms with Gasteiger partial charge in [-0.15, -0.1) is 10.2 Å². The van der Waals surface area contributed by atoms with Gasteiger partial charge in [-0.05, 0) is 55.9 Å². The van der Waals surface area contributed by atoms with Crippen LogP contribution in [0.25, 0.3) is 16.8 Å². The first-order valence-electron chi connectivity index (χ1n) is 13.7. The molecule has 5 aromatic rings. The molecule has 1 saturated carbocycles. The lowest BCUT2D eigenvalue weighted by atomic mass is 9.93. The summed E-state index contributed by atoms with van der Waals surface area (Å²) in [5, 5.41) is 8.85. The topological polar surface area (TPSA) is 128 Å². The summed E-state index contributed by atoms with van der Waals surface area (Å²) in [6.07, 6.45) is 5.60. The first kappa shape index (κ1) is 27.6. The van der Waals surface area contributed by atoms with Gasteiger partial charge >= 0.3 is 0 Å². The highest BCUT2D eigenvalue weighted by molar-refractivity contribution is 7.90. The molecule has 3 aromatic heterocycles. The van der Waals surface area contributed by atoms with Gasteiger partial charge in [0.15, 0.2) is 11.3 Å². The molecule has 3 heterocycles. The van der Waals surface area contributed by atoms with E-state index in [9.17, 15) is 16.8 Å². The van der Waals surface area contributed by atoms with Crippen LogP contribution < -0.4 is 4.72 Å². The zero-order valence-corrected chi connectivity index (χ0v) is 24.5. The van der Waals surface area contributed by atoms with Gasteiger partial charge in [-0.25, -0.2) is 30.5 Å². The van der Waals surface area contributed by atoms with E-state index in [4.69, 9.17) is 0 Å². The number of benzene rings is 2. The maximum absolute atomic E-state index is 13.5. The lowest BCUT2D eigenvalue weighted by molar-refractivity contribution is 0.449. The minimum Gasteiger partial charge on any atom is -0.274 e. The average Bonchev–Trinajstić information content (AvgIpc) is 3.68. The van der Waals surface area contributed by atoms with Crippen LogP contribution in [0.5, 0.6) is 0 Å². The Kier molecular flexibility index (Phi) is 7.16. The molecule has 0 unspecified atom stereocenters. The number of aromatic nitrogens is 5. The Balaban J connectivity index is 1.29. The number of hydrogen-bond acceptors (Lipinski definition) is 7. The molecule has 2 aromatic carbocycles. The number of hydrogen-bond donors (Lipinski definition) is 1. The Morgan fingerprint density at radius 1 is 0.951 bits per heavy atom. The van der Waals surface area contributed by atoms with E-state index in [1.54, 1.807) is 30.3 Å². The average molecular weight is 593 g/mol. The molecule has 0 aliphatic heterocycles. The lowest BCUT2D eigenvalue weighted by Crippen LogP contribution is -2.35. The molecule has 41 heavy (non-hydrogen) atoms. The number of rotatable bonds is 9. The van der Waals surface area contributed by atoms with Crippen molar-refractivity contribution in [3.63, 3.8) is 0 Å². The quantitative estimate of drug-likeness (QED) is 0.273. The monoisotopic (exact) mass is 592 g/mol. The van der Waals surface area contributed by atoms with Crippen molar-refractivity contribution in [2.75, 3.05) is 5.75 Å². The molecule has 1 aliphatic carbocycles. The summed E-state index contributed by atoms with van der Waals surface area (Å²) in [7, 11) is -7.35. The van der Waals surface area contributed by atoms with Gasteiger partial charge in [0, 0.05) is 18.2 Å². The predicted octanol–water partition coefficient (Wildman–Crippen LogP) is 4.06. The molecule has 0 amide bonds. The number of nitrogens with zero attached hydrogens (tertiary/aromatic N) is 5. The van der Waals surface area contributed by atoms with E-state index in [-0.39, 0.29) is 34.2 Å². The smallest absolute Gasteiger partial charge is 0.269 e. The van der Waals surface area contributed by atoms with E-state index in [1.165, 1.54) is 16.4 Å². The second-order valence-corrected chi connectivity index (χ2v) is 14.5. The van der Waals surface area contributed by atoms with Crippen LogP contribution in [-0.2, 0) is 26.5 Å². The maximum atomic E-state index is 13.5. The standard InChI is InChI=1S/C29H32N6O4S2/c1-3-22-17-23(33-40(36,37)16-14-21-7-5-4-6-8-21)18-25(22)28-32-31-27-19-30-29-26(35(27)28)13-15-34(29)41(38,39)24-11-9-20(2)10-12-24/h4-13,15,19,22-23,25,33H,3,14,16-18H2,1-2H3/t22-,23+,25+/m1/s1. The van der Waals surface area contributed by atoms with Gasteiger partial charge in [-0.1, -0.05) is 61.4 Å². The van der Waals surface area contributed by atoms with Crippen LogP contribution in [0, 0.1) is 12.8 Å². The molecule has 10 nitrogen and oxygen atoms in total. The first-order chi connectivity index (χ1) is 19.7. The summed E-state index contributed by atoms with van der Waals surface area (Å²) in [6, 6.07) is 17.8. The van der Waals surface area contributed by atoms with Crippen LogP contribution in [-0.4, -0.2) is 52.2 Å². The zero-order valence-electron chi connectivity index (χ0n) is 22.9. The fourth-order valence-corrected chi connectivity index (χ4v) is 8.53. The van der Waals surface area contributed by atoms with Crippen molar-refractivity contribution >= 4 is 36.9 Å². The summed E-state index contributed by atoms with van der Waals surface area (Å²) < 4.78 is 58.8. The van der Waals surface area contributed by atoms with E-state index >= 15 is 0 Å². The van der Waals surface area contributed by atoms with Crippen molar-refractivity contribution < 1.29 is 16.8 Å². The van der Waals surface area contributed by atoms with Gasteiger partial charge in [0.05, 0.1) is 22.4 Å². The van der Waals surface area contributed by atoms with Crippen LogP contribution in [0.2, 0.25) is 0 Å². The Morgan fingerprint density at radius 2 is 1.71 bits per heavy atom. The molecule has 1 aliphatic rings. The van der Waals surface area contributed by atoms with Gasteiger partial charge in [0.25, 0.3) is 10.0 Å². The minimum atomic E-state index is -3.87. The molecule has 0 saturated heterocycles. The van der Waals surface area contributed by atoms with E-state index < -0.39 is 20.0 Å². The Hall–Kier alpha value is -3.61. The van der Waals surface area contributed by atoms with E-state index in [1.807, 2.05) is 41.7 Å². The summed E-state index contributed by atoms with van der Waals surface area (Å²) in [5.41, 5.74) is 3.33. The minimum absolute atomic E-state index is 0.0259. The van der Waals surface area contributed by atoms with Gasteiger partial charge in [0.2, 0.25) is 10.0 Å². The van der Waals surface area contributed by atoms with Crippen LogP contribution in [0.3, 0.4) is 0 Å². The highest BCUT2D eigenvalue weighted by Gasteiger charge is 2.39. The van der Waals surface area contributed by atoms with E-state index in [0.717, 1.165) is 17.5 Å². The predicted molar refractivity (Wildman–Crippen MR) is 157 cm³/mol.